The number of hydrogen-bond acceptors (Lipinski definition) is 28. The van der Waals surface area contributed by atoms with Crippen LogP contribution in [0.4, 0.5) is 29.2 Å². The Hall–Kier alpha value is -6.13. The van der Waals surface area contributed by atoms with Crippen LogP contribution in [0.15, 0.2) is 77.1 Å². The van der Waals surface area contributed by atoms with Gasteiger partial charge in [-0.1, -0.05) is 23.7 Å². The molecule has 12 atom stereocenters. The molecule has 35 nitrogen and oxygen atoms in total. The predicted octanol–water partition coefficient (Wildman–Crippen LogP) is 1.78. The number of aromatic nitrogens is 10. The lowest BCUT2D eigenvalue weighted by Crippen LogP contribution is -2.42. The maximum absolute atomic E-state index is 13.9. The summed E-state index contributed by atoms with van der Waals surface area (Å²) in [6.45, 7) is -1.79. The van der Waals surface area contributed by atoms with E-state index in [-0.39, 0.29) is 66.1 Å². The number of hydrogen-bond donors (Lipinski definition) is 12. The van der Waals surface area contributed by atoms with E-state index in [1.165, 1.54) is 35.2 Å². The average Bonchev–Trinajstić information content (AvgIpc) is 2.80. The molecule has 2 aliphatic rings. The van der Waals surface area contributed by atoms with E-state index in [1.54, 1.807) is 43.3 Å². The molecule has 82 heavy (non-hydrogen) atoms. The molecule has 1 fully saturated rings. The summed E-state index contributed by atoms with van der Waals surface area (Å²) in [5.41, 5.74) is 5.10. The second kappa shape index (κ2) is 25.0. The minimum Gasteiger partial charge on any atom is -0.492 e. The van der Waals surface area contributed by atoms with E-state index < -0.39 is 111 Å². The number of rotatable bonds is 26. The number of H-pyrrole nitrogens is 2. The van der Waals surface area contributed by atoms with Gasteiger partial charge in [0.1, 0.15) is 66.6 Å². The quantitative estimate of drug-likeness (QED) is 0.0344. The molecule has 7 heterocycles. The third-order valence-corrected chi connectivity index (χ3v) is 18.0. The Labute approximate surface area is 468 Å². The third kappa shape index (κ3) is 13.1. The van der Waals surface area contributed by atoms with Crippen molar-refractivity contribution in [2.45, 2.75) is 49.1 Å². The molecule has 40 heteroatoms. The molecule has 0 spiro atoms. The summed E-state index contributed by atoms with van der Waals surface area (Å²) in [4.78, 5) is 101. The highest BCUT2D eigenvalue weighted by atomic mass is 35.5. The number of phosphoric ester groups is 2. The number of aliphatic hydroxyl groups is 2. The number of nitrogen functional groups attached to an aromatic ring is 1. The van der Waals surface area contributed by atoms with Gasteiger partial charge in [-0.05, 0) is 42.0 Å². The highest BCUT2D eigenvalue weighted by Gasteiger charge is 2.47. The Morgan fingerprint density at radius 3 is 2.29 bits per heavy atom. The number of nitrogens with two attached hydrogens (primary N) is 1. The van der Waals surface area contributed by atoms with Crippen molar-refractivity contribution in [2.24, 2.45) is 0 Å². The zero-order valence-corrected chi connectivity index (χ0v) is 47.3. The fraction of sp³-hybridized carbons (Fsp3) is 0.381. The zero-order chi connectivity index (χ0) is 58.8. The summed E-state index contributed by atoms with van der Waals surface area (Å²) in [6, 6.07) is 11.9. The topological polar surface area (TPSA) is 474 Å². The molecule has 5 aromatic heterocycles. The van der Waals surface area contributed by atoms with Crippen molar-refractivity contribution in [3.63, 3.8) is 0 Å². The third-order valence-electron chi connectivity index (χ3n) is 12.5. The summed E-state index contributed by atoms with van der Waals surface area (Å²) < 4.78 is 91.9. The smallest absolute Gasteiger partial charge is 0.479 e. The maximum atomic E-state index is 13.9. The van der Waals surface area contributed by atoms with Gasteiger partial charge in [0.05, 0.1) is 37.7 Å². The molecule has 0 aliphatic carbocycles. The van der Waals surface area contributed by atoms with E-state index in [2.05, 4.69) is 55.8 Å². The van der Waals surface area contributed by atoms with Crippen LogP contribution in [-0.2, 0) is 50.1 Å². The molecule has 2 aromatic carbocycles. The largest absolute Gasteiger partial charge is 0.492 e. The number of ether oxygens (including phenoxy) is 4. The number of methoxy groups -OCH3 is 2. The number of anilines is 5. The molecule has 1 saturated heterocycles. The summed E-state index contributed by atoms with van der Waals surface area (Å²) in [6.07, 6.45) is -9.15. The molecule has 0 radical (unpaired) electrons. The minimum absolute atomic E-state index is 0. The van der Waals surface area contributed by atoms with Crippen LogP contribution in [0.25, 0.3) is 22.3 Å². The van der Waals surface area contributed by atoms with Crippen molar-refractivity contribution < 1.29 is 86.0 Å². The van der Waals surface area contributed by atoms with Gasteiger partial charge < -0.3 is 75.3 Å². The molecule has 2 aliphatic heterocycles. The normalized spacial score (nSPS) is 21.7. The lowest BCUT2D eigenvalue weighted by molar-refractivity contribution is -0.127. The summed E-state index contributed by atoms with van der Waals surface area (Å²) in [5.74, 6) is 0.887. The van der Waals surface area contributed by atoms with Crippen molar-refractivity contribution in [1.82, 2.24) is 49.0 Å². The molecule has 13 N–H and O–H groups in total. The van der Waals surface area contributed by atoms with Crippen LogP contribution in [0.3, 0.4) is 0 Å². The Morgan fingerprint density at radius 1 is 0.866 bits per heavy atom. The maximum Gasteiger partial charge on any atom is 0.479 e. The molecule has 12 unspecified atom stereocenters. The van der Waals surface area contributed by atoms with Gasteiger partial charge in [0.15, 0.2) is 40.9 Å². The Morgan fingerprint density at radius 2 is 1.60 bits per heavy atom. The number of fused-ring (bicyclic) bond motifs is 3. The minimum atomic E-state index is -5.56. The standard InChI is InChI=1S/C42H52ClN15O20P4.H2/c1-45-32-26-35(48-17-47-32)57(18-49-26)40(71-4)31(76-81(66,67)73-15-24-29(59)30(60)39(75-24)58-19-50-27-36(58)53-41(44)54-37(27)61)25(70-3)16-74-82(68,69)78-79(63)77-80(64,65)23-11-5-20(6-12-23)34-51-33-28(38(62)55-42(46-2)52-33)56(34)13-14-72-22-9-7-21(43)8-10-22;/h5-12,17-19,24-25,29-31,34,39-40,59-60,63H,13-16H2,1-4H3,(H,64,65)(H,66,67)(H,68,69)(H,45,47,48)(H3,44,53,54,61)(H3,46,51,52,55,62);1H. The average molecular weight is 1250 g/mol. The number of aromatic amines is 2. The second-order valence-corrected chi connectivity index (χ2v) is 23.9. The Kier molecular flexibility index (Phi) is 18.4. The molecule has 9 rings (SSSR count). The van der Waals surface area contributed by atoms with E-state index in [9.17, 15) is 53.1 Å². The molecule has 0 bridgehead atoms. The van der Waals surface area contributed by atoms with Crippen molar-refractivity contribution in [2.75, 3.05) is 81.3 Å². The van der Waals surface area contributed by atoms with Crippen LogP contribution in [0.5, 0.6) is 5.75 Å². The fourth-order valence-corrected chi connectivity index (χ4v) is 13.0. The van der Waals surface area contributed by atoms with E-state index in [0.717, 1.165) is 31.4 Å². The SMILES string of the molecule is CNc1nc2c(c(=O)[nH]1)N(CCOc1ccc(Cl)cc1)C(c1ccc(P(=O)(O)OP(O)OP(=O)(O)OCC(OC)C(OP(=O)(O)OCC3OC(n4cnc5c(=O)[nH]c(N)nc54)C(O)C3O)C(OC)n3cnc4c(NC)ncnc43)cc1)N2.[HH]. The van der Waals surface area contributed by atoms with Crippen LogP contribution in [0.2, 0.25) is 5.02 Å². The van der Waals surface area contributed by atoms with E-state index in [1.807, 2.05) is 0 Å². The molecule has 0 amide bonds. The number of nitrogens with zero attached hydrogens (tertiary/aromatic N) is 9. The fourth-order valence-electron chi connectivity index (χ4n) is 8.67. The van der Waals surface area contributed by atoms with Crippen LogP contribution in [-0.4, -0.2) is 164 Å². The zero-order valence-electron chi connectivity index (χ0n) is 43.0. The second-order valence-electron chi connectivity index (χ2n) is 17.5. The van der Waals surface area contributed by atoms with Crippen LogP contribution < -0.4 is 47.7 Å². The predicted molar refractivity (Wildman–Crippen MR) is 291 cm³/mol. The van der Waals surface area contributed by atoms with Crippen molar-refractivity contribution in [1.29, 1.82) is 0 Å². The van der Waals surface area contributed by atoms with Gasteiger partial charge in [-0.3, -0.25) is 46.8 Å². The molecule has 0 saturated carbocycles. The number of benzene rings is 2. The van der Waals surface area contributed by atoms with Gasteiger partial charge >= 0.3 is 31.8 Å². The van der Waals surface area contributed by atoms with Crippen LogP contribution >= 0.6 is 43.4 Å². The van der Waals surface area contributed by atoms with Crippen LogP contribution in [0, 0.1) is 0 Å². The Balaban J connectivity index is 0.00000900. The number of phosphoric acid groups is 2. The van der Waals surface area contributed by atoms with E-state index in [0.29, 0.717) is 16.3 Å². The summed E-state index contributed by atoms with van der Waals surface area (Å²) >= 11 is 6.00. The van der Waals surface area contributed by atoms with Crippen molar-refractivity contribution in [3.8, 4) is 5.75 Å². The van der Waals surface area contributed by atoms with Crippen LogP contribution in [0.1, 0.15) is 25.6 Å². The molecular weight excluding hydrogens is 1190 g/mol. The van der Waals surface area contributed by atoms with Crippen molar-refractivity contribution >= 4 is 100 Å². The number of imidazole rings is 2. The Bertz CT molecular complexity index is 3690. The summed E-state index contributed by atoms with van der Waals surface area (Å²) in [7, 11) is -14.5. The highest BCUT2D eigenvalue weighted by Crippen LogP contribution is 2.62. The first-order valence-electron chi connectivity index (χ1n) is 23.9. The summed E-state index contributed by atoms with van der Waals surface area (Å²) in [5, 5.41) is 30.8. The van der Waals surface area contributed by atoms with Gasteiger partial charge in [0.2, 0.25) is 11.9 Å². The number of nitrogens with one attached hydrogen (secondary N) is 5. The lowest BCUT2D eigenvalue weighted by Gasteiger charge is -2.33. The van der Waals surface area contributed by atoms with Crippen molar-refractivity contribution in [3.05, 3.63) is 98.8 Å². The highest BCUT2D eigenvalue weighted by molar-refractivity contribution is 7.69. The number of aliphatic hydroxyl groups excluding tert-OH is 2. The van der Waals surface area contributed by atoms with E-state index in [4.69, 9.17) is 58.5 Å². The first kappa shape index (κ1) is 60.5. The molecular formula is C42H54ClN15O20P4. The van der Waals surface area contributed by atoms with Gasteiger partial charge in [-0.25, -0.2) is 37.7 Å². The first-order valence-corrected chi connectivity index (χ1v) is 29.9. The lowest BCUT2D eigenvalue weighted by atomic mass is 10.1. The van der Waals surface area contributed by atoms with Gasteiger partial charge in [0.25, 0.3) is 11.1 Å². The molecule has 7 aromatic rings. The van der Waals surface area contributed by atoms with E-state index >= 15 is 0 Å². The van der Waals surface area contributed by atoms with Gasteiger partial charge in [0, 0.05) is 34.8 Å². The number of halogens is 1. The van der Waals surface area contributed by atoms with Gasteiger partial charge in [-0.2, -0.15) is 9.97 Å². The monoisotopic (exact) mass is 1250 g/mol. The first-order chi connectivity index (χ1) is 39.0. The molecule has 444 valence electrons. The van der Waals surface area contributed by atoms with Gasteiger partial charge in [-0.15, -0.1) is 0 Å².